The SMILES string of the molecule is COc1cc(CN(CCC(c2ccccc2)c2ccccc2)C(=O)NC2CCCCC2)ccc1OCc1ccccc1. The molecule has 4 aromatic rings. The lowest BCUT2D eigenvalue weighted by atomic mass is 9.88. The smallest absolute Gasteiger partial charge is 0.317 e. The van der Waals surface area contributed by atoms with E-state index in [2.05, 4.69) is 66.0 Å². The maximum atomic E-state index is 13.7. The van der Waals surface area contributed by atoms with Crippen LogP contribution in [-0.4, -0.2) is 30.6 Å². The molecule has 1 fully saturated rings. The zero-order valence-corrected chi connectivity index (χ0v) is 24.6. The Morgan fingerprint density at radius 1 is 0.786 bits per heavy atom. The van der Waals surface area contributed by atoms with Crippen LogP contribution in [0.5, 0.6) is 11.5 Å². The highest BCUT2D eigenvalue weighted by atomic mass is 16.5. The first-order valence-corrected chi connectivity index (χ1v) is 15.2. The van der Waals surface area contributed by atoms with Crippen LogP contribution in [0.25, 0.3) is 0 Å². The van der Waals surface area contributed by atoms with Crippen molar-refractivity contribution in [1.82, 2.24) is 10.2 Å². The average molecular weight is 563 g/mol. The molecule has 5 heteroatoms. The van der Waals surface area contributed by atoms with Gasteiger partial charge in [-0.1, -0.05) is 116 Å². The highest BCUT2D eigenvalue weighted by Gasteiger charge is 2.23. The van der Waals surface area contributed by atoms with Gasteiger partial charge in [-0.2, -0.15) is 0 Å². The van der Waals surface area contributed by atoms with Crippen molar-refractivity contribution in [2.45, 2.75) is 63.6 Å². The van der Waals surface area contributed by atoms with Crippen LogP contribution in [0.4, 0.5) is 4.79 Å². The first kappa shape index (κ1) is 29.2. The van der Waals surface area contributed by atoms with Gasteiger partial charge < -0.3 is 19.7 Å². The standard InChI is InChI=1S/C37H42N2O3/c1-41-36-26-30(22-23-35(36)42-28-29-14-6-2-7-15-29)27-39(37(40)38-33-20-12-5-13-21-33)25-24-34(31-16-8-3-9-17-31)32-18-10-4-11-19-32/h2-4,6-11,14-19,22-23,26,33-34H,5,12-13,20-21,24-25,27-28H2,1H3,(H,38,40). The molecule has 0 bridgehead atoms. The van der Waals surface area contributed by atoms with E-state index in [1.807, 2.05) is 53.4 Å². The minimum Gasteiger partial charge on any atom is -0.493 e. The Labute approximate surface area is 250 Å². The van der Waals surface area contributed by atoms with Gasteiger partial charge in [0.05, 0.1) is 7.11 Å². The third-order valence-electron chi connectivity index (χ3n) is 8.15. The number of methoxy groups -OCH3 is 1. The van der Waals surface area contributed by atoms with Gasteiger partial charge in [0, 0.05) is 25.0 Å². The van der Waals surface area contributed by atoms with Gasteiger partial charge in [0.25, 0.3) is 0 Å². The molecule has 1 aliphatic rings. The van der Waals surface area contributed by atoms with Crippen LogP contribution in [-0.2, 0) is 13.2 Å². The predicted octanol–water partition coefficient (Wildman–Crippen LogP) is 8.34. The number of ether oxygens (including phenoxy) is 2. The molecule has 0 radical (unpaired) electrons. The second-order valence-corrected chi connectivity index (χ2v) is 11.1. The van der Waals surface area contributed by atoms with Crippen LogP contribution in [0.1, 0.15) is 66.7 Å². The van der Waals surface area contributed by atoms with Gasteiger partial charge >= 0.3 is 6.03 Å². The molecule has 0 spiro atoms. The average Bonchev–Trinajstić information content (AvgIpc) is 3.05. The molecule has 4 aromatic carbocycles. The zero-order chi connectivity index (χ0) is 29.0. The summed E-state index contributed by atoms with van der Waals surface area (Å²) in [7, 11) is 1.66. The Bertz CT molecular complexity index is 1330. The molecule has 0 aliphatic heterocycles. The van der Waals surface area contributed by atoms with Crippen LogP contribution in [0, 0.1) is 0 Å². The largest absolute Gasteiger partial charge is 0.493 e. The van der Waals surface area contributed by atoms with Crippen LogP contribution in [0.3, 0.4) is 0 Å². The fraction of sp³-hybridized carbons (Fsp3) is 0.324. The van der Waals surface area contributed by atoms with E-state index < -0.39 is 0 Å². The van der Waals surface area contributed by atoms with Crippen LogP contribution in [0.2, 0.25) is 0 Å². The van der Waals surface area contributed by atoms with Crippen molar-refractivity contribution < 1.29 is 14.3 Å². The summed E-state index contributed by atoms with van der Waals surface area (Å²) in [6.45, 7) is 1.58. The van der Waals surface area contributed by atoms with E-state index in [1.54, 1.807) is 7.11 Å². The molecule has 1 N–H and O–H groups in total. The van der Waals surface area contributed by atoms with Crippen LogP contribution >= 0.6 is 0 Å². The summed E-state index contributed by atoms with van der Waals surface area (Å²) in [5, 5.41) is 3.35. The van der Waals surface area contributed by atoms with E-state index in [9.17, 15) is 4.79 Å². The highest BCUT2D eigenvalue weighted by molar-refractivity contribution is 5.74. The van der Waals surface area contributed by atoms with Crippen molar-refractivity contribution in [2.24, 2.45) is 0 Å². The Kier molecular flexibility index (Phi) is 10.5. The number of urea groups is 1. The predicted molar refractivity (Wildman–Crippen MR) is 169 cm³/mol. The highest BCUT2D eigenvalue weighted by Crippen LogP contribution is 2.31. The molecule has 1 saturated carbocycles. The third-order valence-corrected chi connectivity index (χ3v) is 8.15. The zero-order valence-electron chi connectivity index (χ0n) is 24.6. The molecule has 5 nitrogen and oxygen atoms in total. The van der Waals surface area contributed by atoms with Crippen LogP contribution < -0.4 is 14.8 Å². The lowest BCUT2D eigenvalue weighted by Crippen LogP contribution is -2.45. The summed E-state index contributed by atoms with van der Waals surface area (Å²) in [5.74, 6) is 1.56. The topological polar surface area (TPSA) is 50.8 Å². The molecular formula is C37H42N2O3. The van der Waals surface area contributed by atoms with Gasteiger partial charge in [0.1, 0.15) is 6.61 Å². The van der Waals surface area contributed by atoms with Gasteiger partial charge in [-0.15, -0.1) is 0 Å². The maximum Gasteiger partial charge on any atom is 0.317 e. The number of carbonyl (C=O) groups is 1. The number of hydrogen-bond donors (Lipinski definition) is 1. The third kappa shape index (κ3) is 8.16. The van der Waals surface area contributed by atoms with Gasteiger partial charge in [-0.25, -0.2) is 4.79 Å². The Hall–Kier alpha value is -4.25. The second-order valence-electron chi connectivity index (χ2n) is 11.1. The normalized spacial score (nSPS) is 13.5. The molecule has 0 heterocycles. The molecule has 218 valence electrons. The minimum absolute atomic E-state index is 0.00476. The van der Waals surface area contributed by atoms with Crippen molar-refractivity contribution >= 4 is 6.03 Å². The molecule has 42 heavy (non-hydrogen) atoms. The molecule has 2 amide bonds. The van der Waals surface area contributed by atoms with Gasteiger partial charge in [-0.3, -0.25) is 0 Å². The molecule has 0 unspecified atom stereocenters. The summed E-state index contributed by atoms with van der Waals surface area (Å²) >= 11 is 0. The summed E-state index contributed by atoms with van der Waals surface area (Å²) in [4.78, 5) is 15.7. The second kappa shape index (κ2) is 15.1. The molecule has 0 aromatic heterocycles. The van der Waals surface area contributed by atoms with Gasteiger partial charge in [0.2, 0.25) is 0 Å². The van der Waals surface area contributed by atoms with Crippen molar-refractivity contribution in [2.75, 3.05) is 13.7 Å². The number of hydrogen-bond acceptors (Lipinski definition) is 3. The monoisotopic (exact) mass is 562 g/mol. The quantitative estimate of drug-likeness (QED) is 0.189. The molecule has 0 atom stereocenters. The lowest BCUT2D eigenvalue weighted by Gasteiger charge is -2.30. The molecular weight excluding hydrogens is 520 g/mol. The Balaban J connectivity index is 1.33. The summed E-state index contributed by atoms with van der Waals surface area (Å²) in [6.07, 6.45) is 6.54. The first-order valence-electron chi connectivity index (χ1n) is 15.2. The number of nitrogens with one attached hydrogen (secondary N) is 1. The van der Waals surface area contributed by atoms with E-state index >= 15 is 0 Å². The van der Waals surface area contributed by atoms with Crippen molar-refractivity contribution in [1.29, 1.82) is 0 Å². The van der Waals surface area contributed by atoms with Crippen molar-refractivity contribution in [3.63, 3.8) is 0 Å². The maximum absolute atomic E-state index is 13.7. The Morgan fingerprint density at radius 2 is 1.40 bits per heavy atom. The fourth-order valence-corrected chi connectivity index (χ4v) is 5.83. The van der Waals surface area contributed by atoms with Crippen LogP contribution in [0.15, 0.2) is 109 Å². The van der Waals surface area contributed by atoms with Crippen molar-refractivity contribution in [3.8, 4) is 11.5 Å². The van der Waals surface area contributed by atoms with E-state index in [0.717, 1.165) is 30.4 Å². The fourth-order valence-electron chi connectivity index (χ4n) is 5.83. The van der Waals surface area contributed by atoms with Gasteiger partial charge in [-0.05, 0) is 53.6 Å². The number of benzene rings is 4. The Morgan fingerprint density at radius 3 is 2.02 bits per heavy atom. The minimum atomic E-state index is 0.00476. The van der Waals surface area contributed by atoms with E-state index in [0.29, 0.717) is 31.2 Å². The van der Waals surface area contributed by atoms with Gasteiger partial charge in [0.15, 0.2) is 11.5 Å². The first-order chi connectivity index (χ1) is 20.7. The lowest BCUT2D eigenvalue weighted by molar-refractivity contribution is 0.185. The number of nitrogens with zero attached hydrogens (tertiary/aromatic N) is 1. The molecule has 5 rings (SSSR count). The van der Waals surface area contributed by atoms with E-state index in [1.165, 1.54) is 30.4 Å². The summed E-state index contributed by atoms with van der Waals surface area (Å²) in [5.41, 5.74) is 4.63. The van der Waals surface area contributed by atoms with E-state index in [-0.39, 0.29) is 18.0 Å². The summed E-state index contributed by atoms with van der Waals surface area (Å²) in [6, 6.07) is 37.5. The molecule has 0 saturated heterocycles. The van der Waals surface area contributed by atoms with E-state index in [4.69, 9.17) is 9.47 Å². The number of carbonyl (C=O) groups excluding carboxylic acids is 1. The summed E-state index contributed by atoms with van der Waals surface area (Å²) < 4.78 is 11.8. The number of amides is 2. The molecule has 1 aliphatic carbocycles. The van der Waals surface area contributed by atoms with Crippen molar-refractivity contribution in [3.05, 3.63) is 131 Å². The number of rotatable bonds is 12.